The van der Waals surface area contributed by atoms with Gasteiger partial charge in [0.25, 0.3) is 0 Å². The first-order valence-corrected chi connectivity index (χ1v) is 6.92. The molecule has 0 saturated carbocycles. The number of nitrogen functional groups attached to an aromatic ring is 1. The van der Waals surface area contributed by atoms with Crippen LogP contribution in [0.25, 0.3) is 0 Å². The van der Waals surface area contributed by atoms with Crippen LogP contribution in [-0.2, 0) is 12.4 Å². The monoisotopic (exact) mass is 279 g/mol. The summed E-state index contributed by atoms with van der Waals surface area (Å²) in [5, 5.41) is 9.62. The molecule has 0 atom stereocenters. The van der Waals surface area contributed by atoms with Crippen molar-refractivity contribution in [3.05, 3.63) is 58.6 Å². The number of benzene rings is 2. The average molecular weight is 280 g/mol. The van der Waals surface area contributed by atoms with Crippen LogP contribution in [0, 0.1) is 0 Å². The summed E-state index contributed by atoms with van der Waals surface area (Å²) in [7, 11) is 0. The standard InChI is InChI=1S/C14H14ClNOS/c15-12-5-6-14(13(16)7-12)18-9-11-3-1-10(8-17)2-4-11/h1-7,17H,8-9,16H2. The van der Waals surface area contributed by atoms with Gasteiger partial charge in [-0.2, -0.15) is 0 Å². The van der Waals surface area contributed by atoms with E-state index < -0.39 is 0 Å². The van der Waals surface area contributed by atoms with Crippen molar-refractivity contribution in [2.45, 2.75) is 17.3 Å². The number of aliphatic hydroxyl groups excluding tert-OH is 1. The van der Waals surface area contributed by atoms with Crippen LogP contribution in [0.15, 0.2) is 47.4 Å². The van der Waals surface area contributed by atoms with E-state index >= 15 is 0 Å². The summed E-state index contributed by atoms with van der Waals surface area (Å²) in [5.74, 6) is 0.845. The van der Waals surface area contributed by atoms with Crippen LogP contribution < -0.4 is 5.73 Å². The molecule has 0 radical (unpaired) electrons. The van der Waals surface area contributed by atoms with E-state index in [1.165, 1.54) is 5.56 Å². The second kappa shape index (κ2) is 6.14. The molecule has 0 saturated heterocycles. The van der Waals surface area contributed by atoms with Crippen molar-refractivity contribution in [1.29, 1.82) is 0 Å². The Morgan fingerprint density at radius 3 is 2.33 bits per heavy atom. The van der Waals surface area contributed by atoms with Gasteiger partial charge in [-0.1, -0.05) is 35.9 Å². The Morgan fingerprint density at radius 1 is 1.06 bits per heavy atom. The summed E-state index contributed by atoms with van der Waals surface area (Å²) in [6, 6.07) is 13.4. The Morgan fingerprint density at radius 2 is 1.72 bits per heavy atom. The minimum Gasteiger partial charge on any atom is -0.398 e. The molecule has 94 valence electrons. The minimum absolute atomic E-state index is 0.0809. The van der Waals surface area contributed by atoms with Crippen LogP contribution >= 0.6 is 23.4 Å². The highest BCUT2D eigenvalue weighted by molar-refractivity contribution is 7.98. The van der Waals surface area contributed by atoms with Crippen LogP contribution in [0.5, 0.6) is 0 Å². The molecule has 2 aromatic carbocycles. The van der Waals surface area contributed by atoms with E-state index in [-0.39, 0.29) is 6.61 Å². The van der Waals surface area contributed by atoms with Gasteiger partial charge in [-0.05, 0) is 29.3 Å². The lowest BCUT2D eigenvalue weighted by Gasteiger charge is -2.06. The van der Waals surface area contributed by atoms with E-state index in [1.807, 2.05) is 36.4 Å². The predicted molar refractivity (Wildman–Crippen MR) is 77.8 cm³/mol. The van der Waals surface area contributed by atoms with E-state index in [2.05, 4.69) is 0 Å². The van der Waals surface area contributed by atoms with Crippen LogP contribution in [0.3, 0.4) is 0 Å². The Labute approximate surface area is 116 Å². The highest BCUT2D eigenvalue weighted by Gasteiger charge is 2.02. The maximum atomic E-state index is 8.96. The van der Waals surface area contributed by atoms with Crippen molar-refractivity contribution in [3.63, 3.8) is 0 Å². The molecule has 0 aliphatic rings. The number of thioether (sulfide) groups is 1. The molecule has 0 amide bonds. The Kier molecular flexibility index (Phi) is 4.53. The Hall–Kier alpha value is -1.16. The molecule has 2 aromatic rings. The topological polar surface area (TPSA) is 46.2 Å². The van der Waals surface area contributed by atoms with Crippen molar-refractivity contribution < 1.29 is 5.11 Å². The van der Waals surface area contributed by atoms with Gasteiger partial charge >= 0.3 is 0 Å². The van der Waals surface area contributed by atoms with E-state index in [1.54, 1.807) is 17.8 Å². The Bertz CT molecular complexity index is 528. The smallest absolute Gasteiger partial charge is 0.0681 e. The molecule has 0 aliphatic heterocycles. The first-order chi connectivity index (χ1) is 8.69. The SMILES string of the molecule is Nc1cc(Cl)ccc1SCc1ccc(CO)cc1. The number of halogens is 1. The first kappa shape index (κ1) is 13.3. The summed E-state index contributed by atoms with van der Waals surface area (Å²) < 4.78 is 0. The zero-order chi connectivity index (χ0) is 13.0. The summed E-state index contributed by atoms with van der Waals surface area (Å²) >= 11 is 7.53. The third-order valence-electron chi connectivity index (χ3n) is 2.57. The van der Waals surface area contributed by atoms with Gasteiger partial charge in [0.1, 0.15) is 0 Å². The maximum Gasteiger partial charge on any atom is 0.0681 e. The van der Waals surface area contributed by atoms with Gasteiger partial charge in [0.05, 0.1) is 6.61 Å². The minimum atomic E-state index is 0.0809. The third kappa shape index (κ3) is 3.42. The van der Waals surface area contributed by atoms with Gasteiger partial charge in [-0.25, -0.2) is 0 Å². The fourth-order valence-electron chi connectivity index (χ4n) is 1.55. The van der Waals surface area contributed by atoms with Crippen LogP contribution in [0.4, 0.5) is 5.69 Å². The molecule has 0 unspecified atom stereocenters. The van der Waals surface area contributed by atoms with Gasteiger partial charge in [0, 0.05) is 21.4 Å². The summed E-state index contributed by atoms with van der Waals surface area (Å²) in [4.78, 5) is 1.03. The van der Waals surface area contributed by atoms with Crippen molar-refractivity contribution in [3.8, 4) is 0 Å². The largest absolute Gasteiger partial charge is 0.398 e. The Balaban J connectivity index is 2.02. The van der Waals surface area contributed by atoms with Crippen molar-refractivity contribution >= 4 is 29.1 Å². The number of hydrogen-bond donors (Lipinski definition) is 2. The molecule has 3 N–H and O–H groups in total. The zero-order valence-electron chi connectivity index (χ0n) is 9.77. The number of aliphatic hydroxyl groups is 1. The zero-order valence-corrected chi connectivity index (χ0v) is 11.3. The number of rotatable bonds is 4. The molecule has 0 aliphatic carbocycles. The second-order valence-corrected chi connectivity index (χ2v) is 5.40. The average Bonchev–Trinajstić information content (AvgIpc) is 2.38. The number of nitrogens with two attached hydrogens (primary N) is 1. The summed E-state index contributed by atoms with van der Waals surface area (Å²) in [6.07, 6.45) is 0. The number of anilines is 1. The quantitative estimate of drug-likeness (QED) is 0.662. The summed E-state index contributed by atoms with van der Waals surface area (Å²) in [5.41, 5.74) is 8.73. The lowest BCUT2D eigenvalue weighted by molar-refractivity contribution is 0.282. The third-order valence-corrected chi connectivity index (χ3v) is 3.97. The van der Waals surface area contributed by atoms with Gasteiger partial charge in [-0.3, -0.25) is 0 Å². The van der Waals surface area contributed by atoms with Crippen LogP contribution in [-0.4, -0.2) is 5.11 Å². The van der Waals surface area contributed by atoms with Gasteiger partial charge in [-0.15, -0.1) is 11.8 Å². The van der Waals surface area contributed by atoms with Crippen molar-refractivity contribution in [1.82, 2.24) is 0 Å². The molecule has 0 fully saturated rings. The van der Waals surface area contributed by atoms with E-state index in [9.17, 15) is 0 Å². The van der Waals surface area contributed by atoms with Gasteiger partial charge in [0.15, 0.2) is 0 Å². The van der Waals surface area contributed by atoms with E-state index in [0.717, 1.165) is 16.2 Å². The molecular weight excluding hydrogens is 266 g/mol. The fourth-order valence-corrected chi connectivity index (χ4v) is 2.64. The maximum absolute atomic E-state index is 8.96. The van der Waals surface area contributed by atoms with E-state index in [0.29, 0.717) is 10.7 Å². The lowest BCUT2D eigenvalue weighted by Crippen LogP contribution is -1.89. The van der Waals surface area contributed by atoms with Gasteiger partial charge in [0.2, 0.25) is 0 Å². The summed E-state index contributed by atoms with van der Waals surface area (Å²) in [6.45, 7) is 0.0809. The number of hydrogen-bond acceptors (Lipinski definition) is 3. The van der Waals surface area contributed by atoms with E-state index in [4.69, 9.17) is 22.4 Å². The van der Waals surface area contributed by atoms with Crippen LogP contribution in [0.2, 0.25) is 5.02 Å². The molecule has 4 heteroatoms. The van der Waals surface area contributed by atoms with Gasteiger partial charge < -0.3 is 10.8 Å². The molecule has 0 spiro atoms. The first-order valence-electron chi connectivity index (χ1n) is 5.55. The normalized spacial score (nSPS) is 10.6. The van der Waals surface area contributed by atoms with Crippen molar-refractivity contribution in [2.75, 3.05) is 5.73 Å². The van der Waals surface area contributed by atoms with Crippen LogP contribution in [0.1, 0.15) is 11.1 Å². The predicted octanol–water partition coefficient (Wildman–Crippen LogP) is 3.71. The highest BCUT2D eigenvalue weighted by atomic mass is 35.5. The molecule has 18 heavy (non-hydrogen) atoms. The molecule has 0 heterocycles. The lowest BCUT2D eigenvalue weighted by atomic mass is 10.2. The molecule has 0 aromatic heterocycles. The second-order valence-electron chi connectivity index (χ2n) is 3.95. The molecule has 2 nitrogen and oxygen atoms in total. The highest BCUT2D eigenvalue weighted by Crippen LogP contribution is 2.30. The molecule has 2 rings (SSSR count). The molecular formula is C14H14ClNOS. The fraction of sp³-hybridized carbons (Fsp3) is 0.143. The molecule has 0 bridgehead atoms. The van der Waals surface area contributed by atoms with Crippen molar-refractivity contribution in [2.24, 2.45) is 0 Å².